The summed E-state index contributed by atoms with van der Waals surface area (Å²) in [5, 5.41) is 3.05. The molecule has 136 valence electrons. The van der Waals surface area contributed by atoms with Gasteiger partial charge in [0.05, 0.1) is 11.6 Å². The molecule has 3 rings (SSSR count). The molecule has 1 atom stereocenters. The van der Waals surface area contributed by atoms with Crippen molar-refractivity contribution in [2.45, 2.75) is 46.2 Å². The topological polar surface area (TPSA) is 64.2 Å². The zero-order valence-electron chi connectivity index (χ0n) is 15.4. The van der Waals surface area contributed by atoms with Crippen molar-refractivity contribution in [1.29, 1.82) is 0 Å². The fourth-order valence-electron chi connectivity index (χ4n) is 3.24. The van der Waals surface area contributed by atoms with Crippen molar-refractivity contribution in [3.8, 4) is 0 Å². The van der Waals surface area contributed by atoms with E-state index in [9.17, 15) is 9.59 Å². The predicted octanol–water partition coefficient (Wildman–Crippen LogP) is 3.87. The minimum atomic E-state index is -0.379. The fourth-order valence-corrected chi connectivity index (χ4v) is 3.24. The third-order valence-corrected chi connectivity index (χ3v) is 4.64. The first-order valence-corrected chi connectivity index (χ1v) is 8.90. The standard InChI is InChI=1S/C21H24N2O3/c1-14-10-11-15(2)17(13-14)16(3)22-20(24)9-6-12-23-18-7-4-5-8-19(18)26-21(23)25/h4-5,7-8,10-11,13,16H,6,9,12H2,1-3H3,(H,22,24). The van der Waals surface area contributed by atoms with Gasteiger partial charge in [-0.1, -0.05) is 35.9 Å². The van der Waals surface area contributed by atoms with Crippen LogP contribution in [0.1, 0.15) is 42.5 Å². The summed E-state index contributed by atoms with van der Waals surface area (Å²) in [6.07, 6.45) is 0.940. The molecule has 0 saturated carbocycles. The number of para-hydroxylation sites is 2. The molecule has 5 heteroatoms. The molecule has 1 N–H and O–H groups in total. The maximum Gasteiger partial charge on any atom is 0.419 e. The maximum atomic E-state index is 12.3. The highest BCUT2D eigenvalue weighted by Gasteiger charge is 2.13. The van der Waals surface area contributed by atoms with Gasteiger partial charge < -0.3 is 9.73 Å². The van der Waals surface area contributed by atoms with Gasteiger partial charge in [-0.15, -0.1) is 0 Å². The second-order valence-electron chi connectivity index (χ2n) is 6.74. The van der Waals surface area contributed by atoms with Crippen LogP contribution in [0.5, 0.6) is 0 Å². The largest absolute Gasteiger partial charge is 0.419 e. The minimum absolute atomic E-state index is 0.0146. The summed E-state index contributed by atoms with van der Waals surface area (Å²) >= 11 is 0. The Morgan fingerprint density at radius 3 is 2.77 bits per heavy atom. The second-order valence-corrected chi connectivity index (χ2v) is 6.74. The number of amides is 1. The zero-order chi connectivity index (χ0) is 18.7. The Morgan fingerprint density at radius 2 is 1.96 bits per heavy atom. The van der Waals surface area contributed by atoms with Gasteiger partial charge in [0.25, 0.3) is 0 Å². The Morgan fingerprint density at radius 1 is 1.19 bits per heavy atom. The van der Waals surface area contributed by atoms with Crippen molar-refractivity contribution in [1.82, 2.24) is 9.88 Å². The summed E-state index contributed by atoms with van der Waals surface area (Å²) in [5.41, 5.74) is 4.82. The third-order valence-electron chi connectivity index (χ3n) is 4.64. The molecule has 0 spiro atoms. The van der Waals surface area contributed by atoms with Crippen molar-refractivity contribution in [2.24, 2.45) is 0 Å². The van der Waals surface area contributed by atoms with Gasteiger partial charge in [-0.05, 0) is 50.5 Å². The lowest BCUT2D eigenvalue weighted by atomic mass is 10.00. The second kappa shape index (κ2) is 7.60. The van der Waals surface area contributed by atoms with Crippen molar-refractivity contribution in [2.75, 3.05) is 0 Å². The van der Waals surface area contributed by atoms with Crippen molar-refractivity contribution < 1.29 is 9.21 Å². The van der Waals surface area contributed by atoms with Gasteiger partial charge in [0.1, 0.15) is 0 Å². The molecular formula is C21H24N2O3. The summed E-state index contributed by atoms with van der Waals surface area (Å²) in [6, 6.07) is 13.5. The van der Waals surface area contributed by atoms with E-state index < -0.39 is 0 Å². The van der Waals surface area contributed by atoms with E-state index in [1.54, 1.807) is 10.6 Å². The van der Waals surface area contributed by atoms with E-state index in [1.165, 1.54) is 11.1 Å². The number of aryl methyl sites for hydroxylation is 3. The number of aromatic nitrogens is 1. The van der Waals surface area contributed by atoms with E-state index >= 15 is 0 Å². The SMILES string of the molecule is Cc1ccc(C)c(C(C)NC(=O)CCCn2c(=O)oc3ccccc32)c1. The van der Waals surface area contributed by atoms with Gasteiger partial charge in [0, 0.05) is 13.0 Å². The molecule has 0 saturated heterocycles. The van der Waals surface area contributed by atoms with E-state index in [0.29, 0.717) is 25.0 Å². The number of carbonyl (C=O) groups is 1. The average Bonchev–Trinajstić information content (AvgIpc) is 2.92. The molecule has 26 heavy (non-hydrogen) atoms. The number of hydrogen-bond donors (Lipinski definition) is 1. The van der Waals surface area contributed by atoms with Gasteiger partial charge in [0.15, 0.2) is 5.58 Å². The first kappa shape index (κ1) is 18.0. The van der Waals surface area contributed by atoms with Crippen LogP contribution in [0.4, 0.5) is 0 Å². The molecular weight excluding hydrogens is 328 g/mol. The third kappa shape index (κ3) is 3.87. The van der Waals surface area contributed by atoms with E-state index in [1.807, 2.05) is 39.0 Å². The number of hydrogen-bond acceptors (Lipinski definition) is 3. The van der Waals surface area contributed by atoms with Crippen LogP contribution in [0.25, 0.3) is 11.1 Å². The lowest BCUT2D eigenvalue weighted by Gasteiger charge is -2.17. The molecule has 1 unspecified atom stereocenters. The highest BCUT2D eigenvalue weighted by molar-refractivity contribution is 5.76. The Labute approximate surface area is 152 Å². The van der Waals surface area contributed by atoms with Crippen molar-refractivity contribution >= 4 is 17.0 Å². The number of rotatable bonds is 6. The summed E-state index contributed by atoms with van der Waals surface area (Å²) < 4.78 is 6.79. The first-order chi connectivity index (χ1) is 12.5. The van der Waals surface area contributed by atoms with E-state index in [0.717, 1.165) is 11.1 Å². The quantitative estimate of drug-likeness (QED) is 0.732. The zero-order valence-corrected chi connectivity index (χ0v) is 15.4. The van der Waals surface area contributed by atoms with E-state index in [4.69, 9.17) is 4.42 Å². The summed E-state index contributed by atoms with van der Waals surface area (Å²) in [4.78, 5) is 24.2. The van der Waals surface area contributed by atoms with E-state index in [2.05, 4.69) is 23.5 Å². The fraction of sp³-hybridized carbons (Fsp3) is 0.333. The van der Waals surface area contributed by atoms with Crippen LogP contribution < -0.4 is 11.1 Å². The van der Waals surface area contributed by atoms with Gasteiger partial charge in [-0.3, -0.25) is 9.36 Å². The van der Waals surface area contributed by atoms with E-state index in [-0.39, 0.29) is 17.7 Å². The molecule has 3 aromatic rings. The first-order valence-electron chi connectivity index (χ1n) is 8.90. The molecule has 0 aliphatic heterocycles. The normalized spacial score (nSPS) is 12.3. The number of nitrogens with zero attached hydrogens (tertiary/aromatic N) is 1. The minimum Gasteiger partial charge on any atom is -0.408 e. The highest BCUT2D eigenvalue weighted by Crippen LogP contribution is 2.19. The Kier molecular flexibility index (Phi) is 5.26. The predicted molar refractivity (Wildman–Crippen MR) is 102 cm³/mol. The molecule has 0 aliphatic carbocycles. The van der Waals surface area contributed by atoms with Crippen LogP contribution in [-0.2, 0) is 11.3 Å². The summed E-state index contributed by atoms with van der Waals surface area (Å²) in [6.45, 7) is 6.55. The summed E-state index contributed by atoms with van der Waals surface area (Å²) in [5.74, 6) is -0.394. The molecule has 0 fully saturated rings. The Hall–Kier alpha value is -2.82. The number of carbonyl (C=O) groups excluding carboxylic acids is 1. The summed E-state index contributed by atoms with van der Waals surface area (Å²) in [7, 11) is 0. The molecule has 2 aromatic carbocycles. The van der Waals surface area contributed by atoms with Crippen LogP contribution in [0.3, 0.4) is 0 Å². The van der Waals surface area contributed by atoms with Gasteiger partial charge in [-0.2, -0.15) is 0 Å². The molecule has 0 aliphatic rings. The smallest absolute Gasteiger partial charge is 0.408 e. The number of nitrogens with one attached hydrogen (secondary N) is 1. The van der Waals surface area contributed by atoms with Gasteiger partial charge in [0.2, 0.25) is 5.91 Å². The monoisotopic (exact) mass is 352 g/mol. The van der Waals surface area contributed by atoms with Crippen LogP contribution >= 0.6 is 0 Å². The highest BCUT2D eigenvalue weighted by atomic mass is 16.4. The molecule has 5 nitrogen and oxygen atoms in total. The van der Waals surface area contributed by atoms with Crippen molar-refractivity contribution in [3.05, 3.63) is 69.7 Å². The Balaban J connectivity index is 1.58. The Bertz CT molecular complexity index is 984. The van der Waals surface area contributed by atoms with Crippen LogP contribution in [0, 0.1) is 13.8 Å². The van der Waals surface area contributed by atoms with Gasteiger partial charge >= 0.3 is 5.76 Å². The lowest BCUT2D eigenvalue weighted by molar-refractivity contribution is -0.121. The average molecular weight is 352 g/mol. The molecule has 0 radical (unpaired) electrons. The number of oxazole rings is 1. The maximum absolute atomic E-state index is 12.3. The molecule has 1 heterocycles. The van der Waals surface area contributed by atoms with Crippen LogP contribution in [-0.4, -0.2) is 10.5 Å². The van der Waals surface area contributed by atoms with Gasteiger partial charge in [-0.25, -0.2) is 4.79 Å². The number of benzene rings is 2. The number of fused-ring (bicyclic) bond motifs is 1. The van der Waals surface area contributed by atoms with Crippen LogP contribution in [0.2, 0.25) is 0 Å². The van der Waals surface area contributed by atoms with Crippen LogP contribution in [0.15, 0.2) is 51.7 Å². The lowest BCUT2D eigenvalue weighted by Crippen LogP contribution is -2.27. The van der Waals surface area contributed by atoms with Crippen molar-refractivity contribution in [3.63, 3.8) is 0 Å². The molecule has 0 bridgehead atoms. The molecule has 1 amide bonds. The molecule has 1 aromatic heterocycles.